The number of alkyl halides is 3. The summed E-state index contributed by atoms with van der Waals surface area (Å²) >= 11 is 0. The highest BCUT2D eigenvalue weighted by molar-refractivity contribution is 5.90. The summed E-state index contributed by atoms with van der Waals surface area (Å²) in [6.07, 6.45) is -4.90. The standard InChI is InChI=1S/C9H7F3O4/c1-15-8(14)5-2-3-7(6(13)4-5)16-9(10,11)12/h2-4,13H,1H3. The van der Waals surface area contributed by atoms with E-state index in [1.165, 1.54) is 0 Å². The van der Waals surface area contributed by atoms with Gasteiger partial charge in [-0.15, -0.1) is 13.2 Å². The van der Waals surface area contributed by atoms with E-state index in [9.17, 15) is 18.0 Å². The van der Waals surface area contributed by atoms with Gasteiger partial charge in [0, 0.05) is 0 Å². The van der Waals surface area contributed by atoms with Gasteiger partial charge in [-0.1, -0.05) is 0 Å². The van der Waals surface area contributed by atoms with Gasteiger partial charge in [0.25, 0.3) is 0 Å². The Hall–Kier alpha value is -1.92. The van der Waals surface area contributed by atoms with Gasteiger partial charge >= 0.3 is 12.3 Å². The summed E-state index contributed by atoms with van der Waals surface area (Å²) in [5.74, 6) is -2.34. The number of rotatable bonds is 2. The number of aromatic hydroxyl groups is 1. The van der Waals surface area contributed by atoms with Crippen LogP contribution in [0.1, 0.15) is 10.4 Å². The number of hydrogen-bond acceptors (Lipinski definition) is 4. The molecule has 0 atom stereocenters. The van der Waals surface area contributed by atoms with Crippen LogP contribution in [0.5, 0.6) is 11.5 Å². The summed E-state index contributed by atoms with van der Waals surface area (Å²) in [5.41, 5.74) is -0.0745. The van der Waals surface area contributed by atoms with Gasteiger partial charge in [0.05, 0.1) is 12.7 Å². The van der Waals surface area contributed by atoms with Crippen LogP contribution in [-0.2, 0) is 4.74 Å². The average molecular weight is 236 g/mol. The predicted molar refractivity (Wildman–Crippen MR) is 46.1 cm³/mol. The summed E-state index contributed by atoms with van der Waals surface area (Å²) in [6.45, 7) is 0. The molecule has 0 fully saturated rings. The Labute approximate surface area is 88.2 Å². The van der Waals surface area contributed by atoms with Crippen LogP contribution in [0.2, 0.25) is 0 Å². The maximum atomic E-state index is 11.8. The lowest BCUT2D eigenvalue weighted by Gasteiger charge is -2.10. The predicted octanol–water partition coefficient (Wildman–Crippen LogP) is 2.08. The fourth-order valence-corrected chi connectivity index (χ4v) is 0.973. The number of phenols is 1. The second-order valence-electron chi connectivity index (χ2n) is 2.72. The first-order valence-corrected chi connectivity index (χ1v) is 4.00. The normalized spacial score (nSPS) is 11.0. The first kappa shape index (κ1) is 12.2. The minimum Gasteiger partial charge on any atom is -0.504 e. The first-order valence-electron chi connectivity index (χ1n) is 4.00. The van der Waals surface area contributed by atoms with Gasteiger partial charge in [0.1, 0.15) is 0 Å². The van der Waals surface area contributed by atoms with Crippen molar-refractivity contribution < 1.29 is 32.5 Å². The Morgan fingerprint density at radius 1 is 1.38 bits per heavy atom. The quantitative estimate of drug-likeness (QED) is 0.798. The molecule has 0 radical (unpaired) electrons. The number of ether oxygens (including phenoxy) is 2. The zero-order valence-electron chi connectivity index (χ0n) is 8.04. The molecule has 7 heteroatoms. The highest BCUT2D eigenvalue weighted by Gasteiger charge is 2.32. The van der Waals surface area contributed by atoms with Crippen molar-refractivity contribution in [3.05, 3.63) is 23.8 Å². The number of benzene rings is 1. The SMILES string of the molecule is COC(=O)c1ccc(OC(F)(F)F)c(O)c1. The lowest BCUT2D eigenvalue weighted by molar-refractivity contribution is -0.275. The van der Waals surface area contributed by atoms with E-state index in [1.54, 1.807) is 0 Å². The molecule has 16 heavy (non-hydrogen) atoms. The Morgan fingerprint density at radius 2 is 2.00 bits per heavy atom. The third-order valence-electron chi connectivity index (χ3n) is 1.61. The van der Waals surface area contributed by atoms with Gasteiger partial charge in [0.15, 0.2) is 11.5 Å². The highest BCUT2D eigenvalue weighted by Crippen LogP contribution is 2.31. The molecule has 0 saturated heterocycles. The molecule has 0 saturated carbocycles. The van der Waals surface area contributed by atoms with Crippen LogP contribution in [0.25, 0.3) is 0 Å². The van der Waals surface area contributed by atoms with Crippen molar-refractivity contribution in [2.24, 2.45) is 0 Å². The molecule has 88 valence electrons. The van der Waals surface area contributed by atoms with Gasteiger partial charge in [0.2, 0.25) is 0 Å². The van der Waals surface area contributed by atoms with Crippen molar-refractivity contribution in [2.75, 3.05) is 7.11 Å². The zero-order chi connectivity index (χ0) is 12.3. The molecule has 1 rings (SSSR count). The molecular formula is C9H7F3O4. The average Bonchev–Trinajstić information content (AvgIpc) is 2.18. The largest absolute Gasteiger partial charge is 0.573 e. The van der Waals surface area contributed by atoms with Crippen molar-refractivity contribution in [2.45, 2.75) is 6.36 Å². The molecule has 1 N–H and O–H groups in total. The van der Waals surface area contributed by atoms with E-state index in [1.807, 2.05) is 0 Å². The van der Waals surface area contributed by atoms with E-state index in [0.717, 1.165) is 25.3 Å². The molecule has 0 amide bonds. The number of carbonyl (C=O) groups is 1. The second kappa shape index (κ2) is 4.30. The van der Waals surface area contributed by atoms with Crippen LogP contribution in [0.3, 0.4) is 0 Å². The summed E-state index contributed by atoms with van der Waals surface area (Å²) in [5, 5.41) is 9.17. The summed E-state index contributed by atoms with van der Waals surface area (Å²) in [4.78, 5) is 11.0. The molecule has 0 heterocycles. The molecule has 0 aromatic heterocycles. The number of halogens is 3. The fraction of sp³-hybridized carbons (Fsp3) is 0.222. The lowest BCUT2D eigenvalue weighted by atomic mass is 10.2. The van der Waals surface area contributed by atoms with Crippen LogP contribution in [-0.4, -0.2) is 24.5 Å². The van der Waals surface area contributed by atoms with E-state index in [-0.39, 0.29) is 5.56 Å². The third-order valence-corrected chi connectivity index (χ3v) is 1.61. The zero-order valence-corrected chi connectivity index (χ0v) is 8.04. The van der Waals surface area contributed by atoms with E-state index < -0.39 is 23.8 Å². The van der Waals surface area contributed by atoms with Gasteiger partial charge in [-0.2, -0.15) is 0 Å². The molecule has 1 aromatic carbocycles. The molecule has 1 aromatic rings. The smallest absolute Gasteiger partial charge is 0.504 e. The number of methoxy groups -OCH3 is 1. The van der Waals surface area contributed by atoms with Gasteiger partial charge in [-0.05, 0) is 18.2 Å². The number of carbonyl (C=O) groups excluding carboxylic acids is 1. The molecular weight excluding hydrogens is 229 g/mol. The molecule has 0 bridgehead atoms. The third kappa shape index (κ3) is 3.04. The minimum absolute atomic E-state index is 0.0745. The van der Waals surface area contributed by atoms with Gasteiger partial charge in [-0.3, -0.25) is 0 Å². The monoisotopic (exact) mass is 236 g/mol. The van der Waals surface area contributed by atoms with Crippen molar-refractivity contribution in [1.82, 2.24) is 0 Å². The van der Waals surface area contributed by atoms with Crippen LogP contribution in [0.15, 0.2) is 18.2 Å². The maximum absolute atomic E-state index is 11.8. The Morgan fingerprint density at radius 3 is 2.44 bits per heavy atom. The van der Waals surface area contributed by atoms with E-state index in [0.29, 0.717) is 0 Å². The lowest BCUT2D eigenvalue weighted by Crippen LogP contribution is -2.17. The van der Waals surface area contributed by atoms with E-state index in [2.05, 4.69) is 9.47 Å². The maximum Gasteiger partial charge on any atom is 0.573 e. The van der Waals surface area contributed by atoms with Crippen molar-refractivity contribution in [1.29, 1.82) is 0 Å². The van der Waals surface area contributed by atoms with Crippen molar-refractivity contribution in [3.63, 3.8) is 0 Å². The Bertz CT molecular complexity index is 400. The number of phenolic OH excluding ortho intramolecular Hbond substituents is 1. The van der Waals surface area contributed by atoms with Crippen LogP contribution in [0.4, 0.5) is 13.2 Å². The van der Waals surface area contributed by atoms with Crippen molar-refractivity contribution >= 4 is 5.97 Å². The highest BCUT2D eigenvalue weighted by atomic mass is 19.4. The molecule has 4 nitrogen and oxygen atoms in total. The van der Waals surface area contributed by atoms with Crippen LogP contribution >= 0.6 is 0 Å². The molecule has 0 aliphatic carbocycles. The summed E-state index contributed by atoms with van der Waals surface area (Å²) < 4.78 is 43.3. The minimum atomic E-state index is -4.90. The van der Waals surface area contributed by atoms with E-state index in [4.69, 9.17) is 5.11 Å². The Kier molecular flexibility index (Phi) is 3.26. The number of hydrogen-bond donors (Lipinski definition) is 1. The fourth-order valence-electron chi connectivity index (χ4n) is 0.973. The second-order valence-corrected chi connectivity index (χ2v) is 2.72. The first-order chi connectivity index (χ1) is 7.33. The summed E-state index contributed by atoms with van der Waals surface area (Å²) in [7, 11) is 1.11. The molecule has 0 spiro atoms. The van der Waals surface area contributed by atoms with Crippen LogP contribution < -0.4 is 4.74 Å². The molecule has 0 unspecified atom stereocenters. The molecule has 0 aliphatic heterocycles. The topological polar surface area (TPSA) is 55.8 Å². The van der Waals surface area contributed by atoms with Crippen LogP contribution in [0, 0.1) is 0 Å². The summed E-state index contributed by atoms with van der Waals surface area (Å²) in [6, 6.07) is 2.70. The molecule has 0 aliphatic rings. The van der Waals surface area contributed by atoms with Gasteiger partial charge < -0.3 is 14.6 Å². The van der Waals surface area contributed by atoms with Gasteiger partial charge in [-0.25, -0.2) is 4.79 Å². The van der Waals surface area contributed by atoms with E-state index >= 15 is 0 Å². The van der Waals surface area contributed by atoms with Crippen molar-refractivity contribution in [3.8, 4) is 11.5 Å². The number of esters is 1. The Balaban J connectivity index is 2.96.